The van der Waals surface area contributed by atoms with Gasteiger partial charge in [-0.05, 0) is 42.9 Å². The van der Waals surface area contributed by atoms with Gasteiger partial charge < -0.3 is 5.11 Å². The molecule has 1 aromatic carbocycles. The third-order valence-corrected chi connectivity index (χ3v) is 4.61. The van der Waals surface area contributed by atoms with Crippen molar-refractivity contribution in [1.82, 2.24) is 4.98 Å². The fourth-order valence-electron chi connectivity index (χ4n) is 3.42. The van der Waals surface area contributed by atoms with Crippen molar-refractivity contribution in [2.75, 3.05) is 0 Å². The van der Waals surface area contributed by atoms with E-state index >= 15 is 0 Å². The Hall–Kier alpha value is -1.41. The molecule has 1 unspecified atom stereocenters. The van der Waals surface area contributed by atoms with Gasteiger partial charge in [0.2, 0.25) is 0 Å². The van der Waals surface area contributed by atoms with E-state index in [1.54, 1.807) is 0 Å². The van der Waals surface area contributed by atoms with Gasteiger partial charge in [-0.15, -0.1) is 0 Å². The zero-order valence-electron chi connectivity index (χ0n) is 12.0. The van der Waals surface area contributed by atoms with Gasteiger partial charge in [-0.1, -0.05) is 43.9 Å². The minimum Gasteiger partial charge on any atom is -0.392 e. The fraction of sp³-hybridized carbons (Fsp3) is 0.500. The van der Waals surface area contributed by atoms with Crippen LogP contribution < -0.4 is 0 Å². The number of benzene rings is 1. The van der Waals surface area contributed by atoms with Gasteiger partial charge in [-0.2, -0.15) is 0 Å². The molecule has 2 heteroatoms. The number of aliphatic hydroxyl groups excluding tert-OH is 1. The lowest BCUT2D eigenvalue weighted by molar-refractivity contribution is 0.0989. The van der Waals surface area contributed by atoms with Gasteiger partial charge in [0.25, 0.3) is 0 Å². The first-order chi connectivity index (χ1) is 9.84. The predicted octanol–water partition coefficient (Wildman–Crippen LogP) is 4.11. The zero-order valence-corrected chi connectivity index (χ0v) is 12.0. The second-order valence-electron chi connectivity index (χ2n) is 6.01. The minimum absolute atomic E-state index is 0.209. The fourth-order valence-corrected chi connectivity index (χ4v) is 3.42. The van der Waals surface area contributed by atoms with Crippen molar-refractivity contribution in [2.45, 2.75) is 51.0 Å². The van der Waals surface area contributed by atoms with Crippen molar-refractivity contribution >= 4 is 10.9 Å². The van der Waals surface area contributed by atoms with Crippen molar-refractivity contribution in [2.24, 2.45) is 5.92 Å². The van der Waals surface area contributed by atoms with E-state index in [-0.39, 0.29) is 6.10 Å². The molecule has 2 nitrogen and oxygen atoms in total. The van der Waals surface area contributed by atoms with Gasteiger partial charge in [0.05, 0.1) is 11.6 Å². The molecule has 0 spiro atoms. The molecule has 0 saturated heterocycles. The maximum atomic E-state index is 10.6. The van der Waals surface area contributed by atoms with Gasteiger partial charge in [0.15, 0.2) is 0 Å². The van der Waals surface area contributed by atoms with E-state index in [2.05, 4.69) is 17.1 Å². The Balaban J connectivity index is 1.78. The second-order valence-corrected chi connectivity index (χ2v) is 6.01. The predicted molar refractivity (Wildman–Crippen MR) is 82.6 cm³/mol. The van der Waals surface area contributed by atoms with Crippen molar-refractivity contribution in [3.8, 4) is 0 Å². The molecule has 20 heavy (non-hydrogen) atoms. The molecule has 0 aliphatic heterocycles. The smallest absolute Gasteiger partial charge is 0.0704 e. The van der Waals surface area contributed by atoms with Crippen LogP contribution in [0.4, 0.5) is 0 Å². The molecule has 1 aromatic heterocycles. The largest absolute Gasteiger partial charge is 0.392 e. The summed E-state index contributed by atoms with van der Waals surface area (Å²) >= 11 is 0. The zero-order chi connectivity index (χ0) is 13.8. The molecule has 1 saturated carbocycles. The van der Waals surface area contributed by atoms with E-state index in [9.17, 15) is 5.11 Å². The Kier molecular flexibility index (Phi) is 4.31. The lowest BCUT2D eigenvalue weighted by atomic mass is 9.89. The van der Waals surface area contributed by atoms with E-state index in [0.717, 1.165) is 11.9 Å². The topological polar surface area (TPSA) is 33.1 Å². The first-order valence-electron chi connectivity index (χ1n) is 7.85. The Morgan fingerprint density at radius 3 is 2.60 bits per heavy atom. The highest BCUT2D eigenvalue weighted by Gasteiger charge is 2.21. The minimum atomic E-state index is -0.209. The van der Waals surface area contributed by atoms with E-state index in [1.165, 1.54) is 49.5 Å². The lowest BCUT2D eigenvalue weighted by Gasteiger charge is -2.21. The normalized spacial score (nSPS) is 18.9. The van der Waals surface area contributed by atoms with Crippen LogP contribution in [0.1, 0.15) is 44.1 Å². The summed E-state index contributed by atoms with van der Waals surface area (Å²) in [6.07, 6.45) is 10.00. The summed E-state index contributed by atoms with van der Waals surface area (Å²) in [5.74, 6) is 0.476. The van der Waals surface area contributed by atoms with Crippen LogP contribution in [-0.4, -0.2) is 16.2 Å². The number of fused-ring (bicyclic) bond motifs is 1. The Labute approximate surface area is 120 Å². The number of hydrogen-bond acceptors (Lipinski definition) is 2. The van der Waals surface area contributed by atoms with Crippen molar-refractivity contribution in [3.63, 3.8) is 0 Å². The van der Waals surface area contributed by atoms with Crippen LogP contribution >= 0.6 is 0 Å². The summed E-state index contributed by atoms with van der Waals surface area (Å²) < 4.78 is 0. The van der Waals surface area contributed by atoms with Crippen LogP contribution in [0.3, 0.4) is 0 Å². The summed E-state index contributed by atoms with van der Waals surface area (Å²) in [5.41, 5.74) is 2.26. The Morgan fingerprint density at radius 2 is 1.80 bits per heavy atom. The third-order valence-electron chi connectivity index (χ3n) is 4.61. The molecule has 1 aliphatic rings. The molecule has 1 aliphatic carbocycles. The number of rotatable bonds is 3. The highest BCUT2D eigenvalue weighted by Crippen LogP contribution is 2.28. The maximum absolute atomic E-state index is 10.6. The Bertz CT molecular complexity index is 553. The molecule has 2 aromatic rings. The Morgan fingerprint density at radius 1 is 1.05 bits per heavy atom. The van der Waals surface area contributed by atoms with Crippen molar-refractivity contribution in [1.29, 1.82) is 0 Å². The van der Waals surface area contributed by atoms with E-state index in [4.69, 9.17) is 0 Å². The van der Waals surface area contributed by atoms with E-state index in [0.29, 0.717) is 5.92 Å². The number of nitrogens with zero attached hydrogens (tertiary/aromatic N) is 1. The molecule has 106 valence electrons. The summed E-state index contributed by atoms with van der Waals surface area (Å²) in [6.45, 7) is 0. The lowest BCUT2D eigenvalue weighted by Crippen LogP contribution is -2.22. The van der Waals surface area contributed by atoms with Gasteiger partial charge in [-0.3, -0.25) is 4.98 Å². The van der Waals surface area contributed by atoms with Gasteiger partial charge >= 0.3 is 0 Å². The van der Waals surface area contributed by atoms with E-state index < -0.39 is 0 Å². The first kappa shape index (κ1) is 13.6. The number of aliphatic hydroxyl groups is 1. The number of hydrogen-bond donors (Lipinski definition) is 1. The molecule has 0 radical (unpaired) electrons. The van der Waals surface area contributed by atoms with Crippen LogP contribution in [0.15, 0.2) is 36.5 Å². The molecular weight excluding hydrogens is 246 g/mol. The monoisotopic (exact) mass is 269 g/mol. The van der Waals surface area contributed by atoms with Crippen LogP contribution in [0.5, 0.6) is 0 Å². The second kappa shape index (κ2) is 6.36. The summed E-state index contributed by atoms with van der Waals surface area (Å²) in [6, 6.07) is 10.3. The SMILES string of the molecule is OC(Cc1ccnc2ccccc12)C1CCCCCC1. The maximum Gasteiger partial charge on any atom is 0.0704 e. The highest BCUT2D eigenvalue weighted by molar-refractivity contribution is 5.81. The van der Waals surface area contributed by atoms with Crippen molar-refractivity contribution in [3.05, 3.63) is 42.1 Å². The van der Waals surface area contributed by atoms with Crippen LogP contribution in [0.25, 0.3) is 10.9 Å². The van der Waals surface area contributed by atoms with Gasteiger partial charge in [0.1, 0.15) is 0 Å². The molecular formula is C18H23NO. The van der Waals surface area contributed by atoms with Crippen molar-refractivity contribution < 1.29 is 5.11 Å². The molecule has 1 fully saturated rings. The number of aromatic nitrogens is 1. The molecule has 0 bridgehead atoms. The molecule has 1 atom stereocenters. The molecule has 3 rings (SSSR count). The molecule has 0 amide bonds. The quantitative estimate of drug-likeness (QED) is 0.851. The van der Waals surface area contributed by atoms with E-state index in [1.807, 2.05) is 24.4 Å². The van der Waals surface area contributed by atoms with Crippen LogP contribution in [0, 0.1) is 5.92 Å². The summed E-state index contributed by atoms with van der Waals surface area (Å²) in [5, 5.41) is 11.8. The van der Waals surface area contributed by atoms with Crippen LogP contribution in [-0.2, 0) is 6.42 Å². The summed E-state index contributed by atoms with van der Waals surface area (Å²) in [4.78, 5) is 4.40. The molecule has 1 heterocycles. The van der Waals surface area contributed by atoms with Crippen LogP contribution in [0.2, 0.25) is 0 Å². The number of pyridine rings is 1. The number of para-hydroxylation sites is 1. The average Bonchev–Trinajstić information content (AvgIpc) is 2.77. The van der Waals surface area contributed by atoms with Gasteiger partial charge in [-0.25, -0.2) is 0 Å². The molecule has 1 N–H and O–H groups in total. The first-order valence-corrected chi connectivity index (χ1v) is 7.85. The third kappa shape index (κ3) is 3.01. The summed E-state index contributed by atoms with van der Waals surface area (Å²) in [7, 11) is 0. The highest BCUT2D eigenvalue weighted by atomic mass is 16.3. The average molecular weight is 269 g/mol. The standard InChI is InChI=1S/C18H23NO/c20-18(14-7-3-1-2-4-8-14)13-15-11-12-19-17-10-6-5-9-16(15)17/h5-6,9-12,14,18,20H,1-4,7-8,13H2. The van der Waals surface area contributed by atoms with Gasteiger partial charge in [0, 0.05) is 11.6 Å².